The second kappa shape index (κ2) is 9.51. The van der Waals surface area contributed by atoms with Gasteiger partial charge in [0, 0.05) is 38.1 Å². The fourth-order valence-electron chi connectivity index (χ4n) is 4.53. The summed E-state index contributed by atoms with van der Waals surface area (Å²) in [6.07, 6.45) is 12.8. The van der Waals surface area contributed by atoms with Crippen LogP contribution in [0.25, 0.3) is 0 Å². The zero-order valence-corrected chi connectivity index (χ0v) is 16.8. The number of nitrogens with zero attached hydrogens (tertiary/aromatic N) is 2. The lowest BCUT2D eigenvalue weighted by atomic mass is 9.94. The Morgan fingerprint density at radius 3 is 1.81 bits per heavy atom. The number of amides is 1. The Labute approximate surface area is 158 Å². The van der Waals surface area contributed by atoms with E-state index in [0.717, 1.165) is 32.1 Å². The zero-order valence-electron chi connectivity index (χ0n) is 16.0. The third-order valence-corrected chi connectivity index (χ3v) is 8.28. The summed E-state index contributed by atoms with van der Waals surface area (Å²) < 4.78 is 28.7. The predicted molar refractivity (Wildman–Crippen MR) is 103 cm³/mol. The van der Waals surface area contributed by atoms with E-state index in [2.05, 4.69) is 5.32 Å². The molecule has 0 aromatic heterocycles. The van der Waals surface area contributed by atoms with Gasteiger partial charge < -0.3 is 5.32 Å². The molecule has 1 aliphatic carbocycles. The van der Waals surface area contributed by atoms with E-state index in [4.69, 9.17) is 0 Å². The molecule has 0 aromatic carbocycles. The lowest BCUT2D eigenvalue weighted by molar-refractivity contribution is -0.127. The molecule has 0 bridgehead atoms. The topological polar surface area (TPSA) is 69.7 Å². The lowest BCUT2D eigenvalue weighted by Crippen LogP contribution is -2.50. The van der Waals surface area contributed by atoms with Crippen molar-refractivity contribution in [1.29, 1.82) is 0 Å². The van der Waals surface area contributed by atoms with E-state index in [-0.39, 0.29) is 11.8 Å². The van der Waals surface area contributed by atoms with Gasteiger partial charge in [-0.2, -0.15) is 17.0 Å². The van der Waals surface area contributed by atoms with Crippen molar-refractivity contribution in [2.24, 2.45) is 5.92 Å². The van der Waals surface area contributed by atoms with E-state index in [1.807, 2.05) is 0 Å². The molecule has 3 fully saturated rings. The van der Waals surface area contributed by atoms with Crippen LogP contribution in [0.1, 0.15) is 77.0 Å². The first-order chi connectivity index (χ1) is 12.6. The summed E-state index contributed by atoms with van der Waals surface area (Å²) in [4.78, 5) is 12.6. The molecule has 0 unspecified atom stereocenters. The highest BCUT2D eigenvalue weighted by Gasteiger charge is 2.35. The molecule has 0 radical (unpaired) electrons. The van der Waals surface area contributed by atoms with Gasteiger partial charge in [-0.1, -0.05) is 38.5 Å². The van der Waals surface area contributed by atoms with Crippen LogP contribution in [0, 0.1) is 5.92 Å². The quantitative estimate of drug-likeness (QED) is 0.809. The number of nitrogens with one attached hydrogen (secondary N) is 1. The molecule has 1 amide bonds. The number of hydrogen-bond donors (Lipinski definition) is 1. The van der Waals surface area contributed by atoms with Crippen LogP contribution < -0.4 is 5.32 Å². The fourth-order valence-corrected chi connectivity index (χ4v) is 6.25. The van der Waals surface area contributed by atoms with E-state index >= 15 is 0 Å². The molecule has 1 N–H and O–H groups in total. The first kappa shape index (κ1) is 20.1. The maximum Gasteiger partial charge on any atom is 0.281 e. The zero-order chi connectivity index (χ0) is 18.4. The minimum Gasteiger partial charge on any atom is -0.353 e. The molecule has 1 saturated carbocycles. The molecule has 0 aromatic rings. The van der Waals surface area contributed by atoms with Gasteiger partial charge in [0.05, 0.1) is 0 Å². The third-order valence-electron chi connectivity index (χ3n) is 6.24. The first-order valence-corrected chi connectivity index (χ1v) is 12.0. The number of carbonyl (C=O) groups is 1. The normalized spacial score (nSPS) is 26.2. The molecular formula is C19H35N3O3S. The SMILES string of the molecule is O=C(NC1CCCCCCC1)C1CCN(S(=O)(=O)N2CCCCC2)CC1. The van der Waals surface area contributed by atoms with E-state index in [9.17, 15) is 13.2 Å². The van der Waals surface area contributed by atoms with E-state index < -0.39 is 10.2 Å². The van der Waals surface area contributed by atoms with E-state index in [0.29, 0.717) is 45.1 Å². The summed E-state index contributed by atoms with van der Waals surface area (Å²) in [7, 11) is -3.34. The van der Waals surface area contributed by atoms with Crippen LogP contribution in [0.2, 0.25) is 0 Å². The average Bonchev–Trinajstić information content (AvgIpc) is 2.64. The third kappa shape index (κ3) is 5.20. The summed E-state index contributed by atoms with van der Waals surface area (Å²) in [5.41, 5.74) is 0. The van der Waals surface area contributed by atoms with Gasteiger partial charge in [-0.25, -0.2) is 0 Å². The molecule has 3 rings (SSSR count). The number of hydrogen-bond acceptors (Lipinski definition) is 3. The van der Waals surface area contributed by atoms with Gasteiger partial charge in [0.1, 0.15) is 0 Å². The monoisotopic (exact) mass is 385 g/mol. The number of rotatable bonds is 4. The smallest absolute Gasteiger partial charge is 0.281 e. The van der Waals surface area contributed by atoms with E-state index in [1.165, 1.54) is 32.1 Å². The fraction of sp³-hybridized carbons (Fsp3) is 0.947. The molecular weight excluding hydrogens is 350 g/mol. The van der Waals surface area contributed by atoms with Crippen molar-refractivity contribution in [3.8, 4) is 0 Å². The van der Waals surface area contributed by atoms with Crippen LogP contribution in [-0.2, 0) is 15.0 Å². The molecule has 2 heterocycles. The summed E-state index contributed by atoms with van der Waals surface area (Å²) in [6, 6.07) is 0.318. The van der Waals surface area contributed by atoms with Crippen molar-refractivity contribution in [1.82, 2.24) is 13.9 Å². The maximum absolute atomic E-state index is 12.8. The second-order valence-corrected chi connectivity index (χ2v) is 10.1. The van der Waals surface area contributed by atoms with Crippen LogP contribution in [0.3, 0.4) is 0 Å². The van der Waals surface area contributed by atoms with Crippen LogP contribution in [0.5, 0.6) is 0 Å². The molecule has 26 heavy (non-hydrogen) atoms. The molecule has 2 aliphatic heterocycles. The number of carbonyl (C=O) groups excluding carboxylic acids is 1. The Morgan fingerprint density at radius 1 is 0.692 bits per heavy atom. The molecule has 6 nitrogen and oxygen atoms in total. The van der Waals surface area contributed by atoms with Crippen molar-refractivity contribution in [2.45, 2.75) is 83.1 Å². The van der Waals surface area contributed by atoms with Crippen LogP contribution >= 0.6 is 0 Å². The summed E-state index contributed by atoms with van der Waals surface area (Å²) in [5, 5.41) is 3.26. The van der Waals surface area contributed by atoms with Gasteiger partial charge in [-0.05, 0) is 38.5 Å². The Balaban J connectivity index is 1.47. The van der Waals surface area contributed by atoms with Gasteiger partial charge in [0.25, 0.3) is 10.2 Å². The van der Waals surface area contributed by atoms with Gasteiger partial charge in [0.15, 0.2) is 0 Å². The van der Waals surface area contributed by atoms with Gasteiger partial charge in [0.2, 0.25) is 5.91 Å². The highest BCUT2D eigenvalue weighted by Crippen LogP contribution is 2.24. The molecule has 7 heteroatoms. The van der Waals surface area contributed by atoms with Crippen molar-refractivity contribution in [3.63, 3.8) is 0 Å². The lowest BCUT2D eigenvalue weighted by Gasteiger charge is -2.36. The standard InChI is InChI=1S/C19H35N3O3S/c23-19(20-18-9-5-2-1-3-6-10-18)17-11-15-22(16-12-17)26(24,25)21-13-7-4-8-14-21/h17-18H,1-16H2,(H,20,23). The Bertz CT molecular complexity index is 544. The van der Waals surface area contributed by atoms with E-state index in [1.54, 1.807) is 8.61 Å². The Morgan fingerprint density at radius 2 is 1.19 bits per heavy atom. The largest absolute Gasteiger partial charge is 0.353 e. The minimum absolute atomic E-state index is 0.0340. The predicted octanol–water partition coefficient (Wildman–Crippen LogP) is 2.66. The average molecular weight is 386 g/mol. The minimum atomic E-state index is -3.34. The van der Waals surface area contributed by atoms with Gasteiger partial charge in [-0.3, -0.25) is 4.79 Å². The van der Waals surface area contributed by atoms with Crippen molar-refractivity contribution >= 4 is 16.1 Å². The molecule has 2 saturated heterocycles. The van der Waals surface area contributed by atoms with Gasteiger partial charge >= 0.3 is 0 Å². The van der Waals surface area contributed by atoms with Crippen molar-refractivity contribution in [3.05, 3.63) is 0 Å². The van der Waals surface area contributed by atoms with Gasteiger partial charge in [-0.15, -0.1) is 0 Å². The van der Waals surface area contributed by atoms with Crippen LogP contribution in [0.15, 0.2) is 0 Å². The molecule has 0 atom stereocenters. The summed E-state index contributed by atoms with van der Waals surface area (Å²) in [5.74, 6) is 0.110. The van der Waals surface area contributed by atoms with Crippen LogP contribution in [-0.4, -0.2) is 55.2 Å². The maximum atomic E-state index is 12.8. The highest BCUT2D eigenvalue weighted by molar-refractivity contribution is 7.86. The summed E-state index contributed by atoms with van der Waals surface area (Å²) in [6.45, 7) is 2.23. The molecule has 3 aliphatic rings. The second-order valence-electron chi connectivity index (χ2n) is 8.19. The van der Waals surface area contributed by atoms with Crippen molar-refractivity contribution < 1.29 is 13.2 Å². The highest BCUT2D eigenvalue weighted by atomic mass is 32.2. The summed E-state index contributed by atoms with van der Waals surface area (Å²) >= 11 is 0. The van der Waals surface area contributed by atoms with Crippen molar-refractivity contribution in [2.75, 3.05) is 26.2 Å². The Hall–Kier alpha value is -0.660. The Kier molecular flexibility index (Phi) is 7.35. The number of piperidine rings is 2. The molecule has 150 valence electrons. The van der Waals surface area contributed by atoms with Crippen LogP contribution in [0.4, 0.5) is 0 Å². The molecule has 0 spiro atoms. The first-order valence-electron chi connectivity index (χ1n) is 10.6.